The summed E-state index contributed by atoms with van der Waals surface area (Å²) in [6.07, 6.45) is 0. The maximum absolute atomic E-state index is 12.5. The van der Waals surface area contributed by atoms with Gasteiger partial charge in [0.05, 0.1) is 18.1 Å². The molecule has 0 radical (unpaired) electrons. The SMILES string of the molecule is Cc1ccc(S(=O)(=O)O[N+]2(N)CCN=C2NCCN2CCOCC2)cc1. The van der Waals surface area contributed by atoms with Crippen LogP contribution in [0.15, 0.2) is 34.2 Å². The van der Waals surface area contributed by atoms with E-state index in [-0.39, 0.29) is 11.4 Å². The summed E-state index contributed by atoms with van der Waals surface area (Å²) in [4.78, 5) is 6.62. The summed E-state index contributed by atoms with van der Waals surface area (Å²) in [5.41, 5.74) is 0.966. The third-order valence-corrected chi connectivity index (χ3v) is 5.72. The maximum atomic E-state index is 12.5. The molecule has 0 saturated carbocycles. The summed E-state index contributed by atoms with van der Waals surface area (Å²) in [5.74, 6) is 6.51. The minimum Gasteiger partial charge on any atom is -0.379 e. The fourth-order valence-electron chi connectivity index (χ4n) is 2.87. The molecule has 1 aromatic carbocycles. The standard InChI is InChI=1S/C16H26N5O4S/c1-14-2-4-15(5-3-14)26(22,23)25-21(17)11-7-19-16(21)18-6-8-20-9-12-24-13-10-20/h2-5H,6-13,17H2,1H3,(H,18,19)/q+1. The maximum Gasteiger partial charge on any atom is 0.353 e. The third-order valence-electron chi connectivity index (χ3n) is 4.41. The average Bonchev–Trinajstić information content (AvgIpc) is 2.96. The van der Waals surface area contributed by atoms with Crippen LogP contribution in [0.25, 0.3) is 0 Å². The normalized spacial score (nSPS) is 24.5. The van der Waals surface area contributed by atoms with Crippen molar-refractivity contribution in [3.63, 3.8) is 0 Å². The highest BCUT2D eigenvalue weighted by Crippen LogP contribution is 2.19. The van der Waals surface area contributed by atoms with Crippen LogP contribution in [-0.2, 0) is 19.1 Å². The number of benzene rings is 1. The number of nitrogens with one attached hydrogen (secondary N) is 1. The number of ether oxygens (including phenoxy) is 1. The number of aryl methyl sites for hydroxylation is 1. The molecule has 1 saturated heterocycles. The van der Waals surface area contributed by atoms with Crippen LogP contribution in [0.5, 0.6) is 0 Å². The molecule has 144 valence electrons. The number of nitrogens with zero attached hydrogens (tertiary/aromatic N) is 3. The Bertz CT molecular complexity index is 746. The fourth-order valence-corrected chi connectivity index (χ4v) is 3.92. The molecular weight excluding hydrogens is 358 g/mol. The van der Waals surface area contributed by atoms with Crippen LogP contribution in [0.2, 0.25) is 0 Å². The Morgan fingerprint density at radius 2 is 2.00 bits per heavy atom. The van der Waals surface area contributed by atoms with E-state index in [9.17, 15) is 8.42 Å². The van der Waals surface area contributed by atoms with Gasteiger partial charge in [-0.3, -0.25) is 4.90 Å². The van der Waals surface area contributed by atoms with Gasteiger partial charge >= 0.3 is 16.1 Å². The number of nitrogens with two attached hydrogens (primary N) is 1. The molecule has 3 N–H and O–H groups in total. The number of hydroxylamine groups is 2. The highest BCUT2D eigenvalue weighted by atomic mass is 32.2. The molecule has 0 aliphatic carbocycles. The van der Waals surface area contributed by atoms with Crippen LogP contribution in [0, 0.1) is 6.92 Å². The van der Waals surface area contributed by atoms with E-state index in [4.69, 9.17) is 14.9 Å². The Morgan fingerprint density at radius 3 is 2.69 bits per heavy atom. The Hall–Kier alpha value is -1.56. The molecule has 2 aliphatic rings. The van der Waals surface area contributed by atoms with Gasteiger partial charge in [-0.2, -0.15) is 8.42 Å². The summed E-state index contributed by atoms with van der Waals surface area (Å²) in [7, 11) is -4.00. The second-order valence-electron chi connectivity index (χ2n) is 6.45. The smallest absolute Gasteiger partial charge is 0.353 e. The second kappa shape index (κ2) is 7.99. The van der Waals surface area contributed by atoms with Crippen molar-refractivity contribution in [2.45, 2.75) is 11.8 Å². The van der Waals surface area contributed by atoms with Crippen LogP contribution in [0.3, 0.4) is 0 Å². The summed E-state index contributed by atoms with van der Waals surface area (Å²) in [5, 5.41) is 3.13. The van der Waals surface area contributed by atoms with E-state index < -0.39 is 14.9 Å². The number of hydrogen-bond donors (Lipinski definition) is 2. The van der Waals surface area contributed by atoms with E-state index in [2.05, 4.69) is 15.2 Å². The molecule has 0 aromatic heterocycles. The Morgan fingerprint density at radius 1 is 1.31 bits per heavy atom. The van der Waals surface area contributed by atoms with Crippen LogP contribution in [-0.4, -0.2) is 76.5 Å². The van der Waals surface area contributed by atoms with Gasteiger partial charge in [0, 0.05) is 26.2 Å². The van der Waals surface area contributed by atoms with Gasteiger partial charge in [-0.25, -0.2) is 4.99 Å². The molecule has 9 nitrogen and oxygen atoms in total. The summed E-state index contributed by atoms with van der Waals surface area (Å²) in [6, 6.07) is 6.46. The molecule has 10 heteroatoms. The molecule has 3 rings (SSSR count). The third kappa shape index (κ3) is 4.58. The van der Waals surface area contributed by atoms with Gasteiger partial charge < -0.3 is 10.1 Å². The molecule has 0 bridgehead atoms. The predicted molar refractivity (Wildman–Crippen MR) is 96.3 cm³/mol. The zero-order chi connectivity index (χ0) is 18.6. The predicted octanol–water partition coefficient (Wildman–Crippen LogP) is -0.403. The fraction of sp³-hybridized carbons (Fsp3) is 0.562. The lowest BCUT2D eigenvalue weighted by Gasteiger charge is -2.28. The van der Waals surface area contributed by atoms with E-state index in [0.717, 1.165) is 38.4 Å². The van der Waals surface area contributed by atoms with Crippen molar-refractivity contribution in [2.24, 2.45) is 10.8 Å². The molecule has 0 spiro atoms. The molecule has 1 fully saturated rings. The van der Waals surface area contributed by atoms with Crippen LogP contribution in [0.4, 0.5) is 0 Å². The minimum absolute atomic E-state index is 0.0746. The van der Waals surface area contributed by atoms with Crippen LogP contribution < -0.4 is 11.2 Å². The number of morpholine rings is 1. The summed E-state index contributed by atoms with van der Waals surface area (Å²) < 4.78 is 35.1. The van der Waals surface area contributed by atoms with E-state index in [1.807, 2.05) is 6.92 Å². The Kier molecular flexibility index (Phi) is 5.90. The molecule has 2 heterocycles. The second-order valence-corrected chi connectivity index (χ2v) is 7.98. The van der Waals surface area contributed by atoms with Gasteiger partial charge in [0.2, 0.25) is 0 Å². The van der Waals surface area contributed by atoms with Gasteiger partial charge in [-0.1, -0.05) is 17.7 Å². The number of guanidine groups is 1. The molecule has 1 atom stereocenters. The number of rotatable bonds is 6. The summed E-state index contributed by atoms with van der Waals surface area (Å²) >= 11 is 0. The molecule has 1 aromatic rings. The molecule has 2 aliphatic heterocycles. The zero-order valence-electron chi connectivity index (χ0n) is 14.9. The quantitative estimate of drug-likeness (QED) is 0.508. The largest absolute Gasteiger partial charge is 0.379 e. The lowest BCUT2D eigenvalue weighted by Crippen LogP contribution is -2.62. The van der Waals surface area contributed by atoms with Crippen molar-refractivity contribution in [1.29, 1.82) is 0 Å². The van der Waals surface area contributed by atoms with Crippen molar-refractivity contribution in [1.82, 2.24) is 10.2 Å². The van der Waals surface area contributed by atoms with Gasteiger partial charge in [0.1, 0.15) is 6.54 Å². The van der Waals surface area contributed by atoms with E-state index in [1.54, 1.807) is 12.1 Å². The molecule has 26 heavy (non-hydrogen) atoms. The first-order valence-electron chi connectivity index (χ1n) is 8.68. The minimum atomic E-state index is -4.00. The van der Waals surface area contributed by atoms with Gasteiger partial charge in [0.25, 0.3) is 0 Å². The molecule has 1 unspecified atom stereocenters. The first-order chi connectivity index (χ1) is 12.4. The van der Waals surface area contributed by atoms with Gasteiger partial charge in [-0.15, -0.1) is 5.84 Å². The average molecular weight is 384 g/mol. The highest BCUT2D eigenvalue weighted by molar-refractivity contribution is 7.86. The van der Waals surface area contributed by atoms with E-state index in [1.165, 1.54) is 12.1 Å². The van der Waals surface area contributed by atoms with Crippen molar-refractivity contribution < 1.29 is 22.2 Å². The van der Waals surface area contributed by atoms with Crippen molar-refractivity contribution >= 4 is 16.1 Å². The number of hydrogen-bond acceptors (Lipinski definition) is 8. The number of aliphatic imine (C=N–C) groups is 1. The monoisotopic (exact) mass is 384 g/mol. The molecule has 0 amide bonds. The lowest BCUT2D eigenvalue weighted by molar-refractivity contribution is -1.01. The lowest BCUT2D eigenvalue weighted by atomic mass is 10.2. The van der Waals surface area contributed by atoms with Crippen LogP contribution >= 0.6 is 0 Å². The van der Waals surface area contributed by atoms with Gasteiger partial charge in [-0.05, 0) is 28.1 Å². The first kappa shape index (κ1) is 19.2. The topological polar surface area (TPSA) is 106 Å². The summed E-state index contributed by atoms with van der Waals surface area (Å²) in [6.45, 7) is 7.18. The van der Waals surface area contributed by atoms with Crippen molar-refractivity contribution in [3.05, 3.63) is 29.8 Å². The van der Waals surface area contributed by atoms with Crippen molar-refractivity contribution in [2.75, 3.05) is 52.5 Å². The van der Waals surface area contributed by atoms with E-state index >= 15 is 0 Å². The number of quaternary nitrogens is 1. The zero-order valence-corrected chi connectivity index (χ0v) is 15.7. The first-order valence-corrected chi connectivity index (χ1v) is 10.1. The highest BCUT2D eigenvalue weighted by Gasteiger charge is 2.43. The van der Waals surface area contributed by atoms with E-state index in [0.29, 0.717) is 19.0 Å². The Balaban J connectivity index is 1.60. The van der Waals surface area contributed by atoms with Crippen molar-refractivity contribution in [3.8, 4) is 0 Å². The molecular formula is C16H26N5O4S+. The Labute approximate surface area is 154 Å². The van der Waals surface area contributed by atoms with Crippen LogP contribution in [0.1, 0.15) is 5.56 Å². The van der Waals surface area contributed by atoms with Gasteiger partial charge in [0.15, 0.2) is 6.54 Å².